The lowest BCUT2D eigenvalue weighted by Crippen LogP contribution is -2.30. The molecule has 0 aliphatic rings. The second-order valence-electron chi connectivity index (χ2n) is 7.35. The van der Waals surface area contributed by atoms with Crippen molar-refractivity contribution in [2.75, 3.05) is 5.32 Å². The highest BCUT2D eigenvalue weighted by molar-refractivity contribution is 6.58. The number of hydrogen-bond acceptors (Lipinski definition) is 7. The van der Waals surface area contributed by atoms with Gasteiger partial charge in [0.2, 0.25) is 17.8 Å². The van der Waals surface area contributed by atoms with E-state index in [2.05, 4.69) is 20.3 Å². The van der Waals surface area contributed by atoms with Crippen LogP contribution in [0.1, 0.15) is 27.4 Å². The van der Waals surface area contributed by atoms with Crippen molar-refractivity contribution in [2.24, 2.45) is 5.73 Å². The smallest absolute Gasteiger partial charge is 0.423 e. The molecule has 0 fully saturated rings. The van der Waals surface area contributed by atoms with Gasteiger partial charge < -0.3 is 21.1 Å². The van der Waals surface area contributed by atoms with Gasteiger partial charge in [-0.1, -0.05) is 24.3 Å². The monoisotopic (exact) mass is 434 g/mol. The number of aromatic nitrogens is 4. The first-order valence-corrected chi connectivity index (χ1v) is 9.76. The van der Waals surface area contributed by atoms with Gasteiger partial charge in [-0.25, -0.2) is 4.39 Å². The van der Waals surface area contributed by atoms with E-state index in [0.717, 1.165) is 11.6 Å². The lowest BCUT2D eigenvalue weighted by Gasteiger charge is -2.11. The SMILES string of the molecule is Cc1nc(NCc2cccc(B(O)O)c2)nc(-n2c(C)cc3c(C(N)=O)cc(F)cc32)n1. The van der Waals surface area contributed by atoms with Gasteiger partial charge >= 0.3 is 7.12 Å². The molecular formula is C21H20BFN6O3. The minimum Gasteiger partial charge on any atom is -0.423 e. The summed E-state index contributed by atoms with van der Waals surface area (Å²) in [4.78, 5) is 24.9. The molecule has 5 N–H and O–H groups in total. The Morgan fingerprint density at radius 2 is 1.94 bits per heavy atom. The normalized spacial score (nSPS) is 11.0. The Bertz CT molecular complexity index is 1340. The van der Waals surface area contributed by atoms with Crippen LogP contribution < -0.4 is 16.5 Å². The molecule has 0 saturated carbocycles. The molecule has 2 aromatic carbocycles. The van der Waals surface area contributed by atoms with E-state index in [4.69, 9.17) is 5.73 Å². The predicted octanol–water partition coefficient (Wildman–Crippen LogP) is 0.962. The Hall–Kier alpha value is -3.83. The van der Waals surface area contributed by atoms with E-state index in [1.807, 2.05) is 6.07 Å². The van der Waals surface area contributed by atoms with E-state index in [1.54, 1.807) is 42.7 Å². The first-order valence-electron chi connectivity index (χ1n) is 9.76. The zero-order valence-electron chi connectivity index (χ0n) is 17.4. The Morgan fingerprint density at radius 3 is 2.66 bits per heavy atom. The van der Waals surface area contributed by atoms with Gasteiger partial charge in [-0.2, -0.15) is 15.0 Å². The molecule has 162 valence electrons. The maximum absolute atomic E-state index is 14.2. The number of primary amides is 1. The van der Waals surface area contributed by atoms with Crippen LogP contribution in [0.25, 0.3) is 16.9 Å². The number of fused-ring (bicyclic) bond motifs is 1. The van der Waals surface area contributed by atoms with Crippen molar-refractivity contribution in [3.8, 4) is 5.95 Å². The summed E-state index contributed by atoms with van der Waals surface area (Å²) in [6.07, 6.45) is 0. The summed E-state index contributed by atoms with van der Waals surface area (Å²) in [6.45, 7) is 3.82. The van der Waals surface area contributed by atoms with Gasteiger partial charge in [-0.05, 0) is 43.1 Å². The number of aryl methyl sites for hydroxylation is 2. The fourth-order valence-electron chi connectivity index (χ4n) is 3.56. The van der Waals surface area contributed by atoms with Crippen molar-refractivity contribution in [1.82, 2.24) is 19.5 Å². The molecule has 32 heavy (non-hydrogen) atoms. The third kappa shape index (κ3) is 4.16. The molecule has 0 aliphatic heterocycles. The van der Waals surface area contributed by atoms with E-state index in [1.165, 1.54) is 6.07 Å². The van der Waals surface area contributed by atoms with Crippen molar-refractivity contribution in [1.29, 1.82) is 0 Å². The van der Waals surface area contributed by atoms with Crippen LogP contribution in [0.3, 0.4) is 0 Å². The number of rotatable bonds is 6. The Kier molecular flexibility index (Phi) is 5.60. The molecule has 4 aromatic rings. The Balaban J connectivity index is 1.72. The Morgan fingerprint density at radius 1 is 1.16 bits per heavy atom. The van der Waals surface area contributed by atoms with Crippen molar-refractivity contribution in [3.63, 3.8) is 0 Å². The number of anilines is 1. The summed E-state index contributed by atoms with van der Waals surface area (Å²) in [5.41, 5.74) is 7.78. The summed E-state index contributed by atoms with van der Waals surface area (Å²) >= 11 is 0. The number of benzene rings is 2. The van der Waals surface area contributed by atoms with Crippen molar-refractivity contribution >= 4 is 35.3 Å². The van der Waals surface area contributed by atoms with Crippen LogP contribution in [-0.2, 0) is 6.54 Å². The van der Waals surface area contributed by atoms with Gasteiger partial charge in [0.25, 0.3) is 0 Å². The number of amides is 1. The molecular weight excluding hydrogens is 414 g/mol. The molecule has 9 nitrogen and oxygen atoms in total. The molecule has 0 spiro atoms. The minimum atomic E-state index is -1.56. The molecule has 0 atom stereocenters. The number of hydrogen-bond donors (Lipinski definition) is 4. The number of carbonyl (C=O) groups is 1. The van der Waals surface area contributed by atoms with Gasteiger partial charge in [0, 0.05) is 17.6 Å². The fourth-order valence-corrected chi connectivity index (χ4v) is 3.56. The van der Waals surface area contributed by atoms with Crippen LogP contribution in [0, 0.1) is 19.7 Å². The zero-order valence-corrected chi connectivity index (χ0v) is 17.4. The third-order valence-electron chi connectivity index (χ3n) is 4.97. The van der Waals surface area contributed by atoms with Crippen molar-refractivity contribution in [2.45, 2.75) is 20.4 Å². The number of nitrogens with one attached hydrogen (secondary N) is 1. The zero-order chi connectivity index (χ0) is 23.0. The largest absolute Gasteiger partial charge is 0.488 e. The highest BCUT2D eigenvalue weighted by Gasteiger charge is 2.18. The minimum absolute atomic E-state index is 0.0805. The van der Waals surface area contributed by atoms with Gasteiger partial charge in [0.05, 0.1) is 11.1 Å². The maximum atomic E-state index is 14.2. The maximum Gasteiger partial charge on any atom is 0.488 e. The van der Waals surface area contributed by atoms with Gasteiger partial charge in [-0.15, -0.1) is 0 Å². The number of nitrogens with two attached hydrogens (primary N) is 1. The first kappa shape index (κ1) is 21.4. The molecule has 11 heteroatoms. The first-order chi connectivity index (χ1) is 15.2. The fraction of sp³-hybridized carbons (Fsp3) is 0.143. The Labute approximate surface area is 182 Å². The molecule has 0 saturated heterocycles. The predicted molar refractivity (Wildman–Crippen MR) is 118 cm³/mol. The molecule has 0 radical (unpaired) electrons. The highest BCUT2D eigenvalue weighted by atomic mass is 19.1. The quantitative estimate of drug-likeness (QED) is 0.332. The summed E-state index contributed by atoms with van der Waals surface area (Å²) in [5, 5.41) is 22.3. The molecule has 2 aromatic heterocycles. The number of carbonyl (C=O) groups excluding carboxylic acids is 1. The van der Waals surface area contributed by atoms with E-state index < -0.39 is 18.8 Å². The highest BCUT2D eigenvalue weighted by Crippen LogP contribution is 2.27. The lowest BCUT2D eigenvalue weighted by atomic mass is 9.80. The van der Waals surface area contributed by atoms with Gasteiger partial charge in [-0.3, -0.25) is 9.36 Å². The topological polar surface area (TPSA) is 139 Å². The van der Waals surface area contributed by atoms with Crippen molar-refractivity contribution in [3.05, 3.63) is 70.9 Å². The van der Waals surface area contributed by atoms with Crippen LogP contribution in [0.15, 0.2) is 42.5 Å². The molecule has 2 heterocycles. The van der Waals surface area contributed by atoms with Crippen LogP contribution in [0.4, 0.5) is 10.3 Å². The van der Waals surface area contributed by atoms with E-state index in [0.29, 0.717) is 34.4 Å². The standard InChI is InChI=1S/C21H20BFN6O3/c1-11-6-16-17(19(24)30)8-15(23)9-18(16)29(11)21-27-12(2)26-20(28-21)25-10-13-4-3-5-14(7-13)22(31)32/h3-9,31-32H,10H2,1-2H3,(H2,24,30)(H,25,26,27,28). The van der Waals surface area contributed by atoms with Crippen LogP contribution in [0.2, 0.25) is 0 Å². The number of nitrogens with zero attached hydrogens (tertiary/aromatic N) is 4. The van der Waals surface area contributed by atoms with Crippen LogP contribution in [0.5, 0.6) is 0 Å². The summed E-state index contributed by atoms with van der Waals surface area (Å²) < 4.78 is 15.8. The molecule has 0 unspecified atom stereocenters. The number of halogens is 1. The molecule has 0 bridgehead atoms. The summed E-state index contributed by atoms with van der Waals surface area (Å²) in [7, 11) is -1.56. The molecule has 0 aliphatic carbocycles. The van der Waals surface area contributed by atoms with Gasteiger partial charge in [0.15, 0.2) is 0 Å². The average Bonchev–Trinajstić information content (AvgIpc) is 3.06. The van der Waals surface area contributed by atoms with Crippen molar-refractivity contribution < 1.29 is 19.2 Å². The summed E-state index contributed by atoms with van der Waals surface area (Å²) in [5.74, 6) is -0.343. The lowest BCUT2D eigenvalue weighted by molar-refractivity contribution is 0.100. The van der Waals surface area contributed by atoms with Gasteiger partial charge in [0.1, 0.15) is 11.6 Å². The average molecular weight is 434 g/mol. The summed E-state index contributed by atoms with van der Waals surface area (Å²) in [6, 6.07) is 10.9. The van der Waals surface area contributed by atoms with Crippen LogP contribution in [-0.4, -0.2) is 42.6 Å². The van der Waals surface area contributed by atoms with E-state index in [9.17, 15) is 19.2 Å². The van der Waals surface area contributed by atoms with Crippen LogP contribution >= 0.6 is 0 Å². The molecule has 1 amide bonds. The van der Waals surface area contributed by atoms with E-state index in [-0.39, 0.29) is 17.5 Å². The second-order valence-corrected chi connectivity index (χ2v) is 7.35. The molecule has 4 rings (SSSR count). The second kappa shape index (κ2) is 8.37. The third-order valence-corrected chi connectivity index (χ3v) is 4.97. The van der Waals surface area contributed by atoms with E-state index >= 15 is 0 Å².